The molecule has 1 saturated heterocycles. The molecule has 1 fully saturated rings. The number of hydrogen-bond acceptors (Lipinski definition) is 8. The SMILES string of the molecule is C=CC(=O)N1C[C@H](C)N(c2nc(=O)n3c4nc(c(F)cc24)-c2c(F)cccc2NC(=O)C(C(C)C)NC(=O)c2ccnc(C(C)C)c2-3)C[C@H]1C. The lowest BCUT2D eigenvalue weighted by atomic mass is 10.0. The first kappa shape index (κ1) is 34.3. The molecule has 0 spiro atoms. The smallest absolute Gasteiger partial charge is 0.349 e. The van der Waals surface area contributed by atoms with Crippen molar-refractivity contribution < 1.29 is 23.2 Å². The summed E-state index contributed by atoms with van der Waals surface area (Å²) in [6.45, 7) is 14.9. The number of fused-ring (bicyclic) bond motifs is 5. The summed E-state index contributed by atoms with van der Waals surface area (Å²) in [6, 6.07) is 4.65. The molecule has 2 aliphatic heterocycles. The fraction of sp³-hybridized carbons (Fsp3) is 0.361. The number of halogens is 2. The summed E-state index contributed by atoms with van der Waals surface area (Å²) in [5.74, 6) is -4.02. The van der Waals surface area contributed by atoms with Gasteiger partial charge in [-0.05, 0) is 56.0 Å². The molecule has 0 aliphatic carbocycles. The van der Waals surface area contributed by atoms with Crippen molar-refractivity contribution in [1.29, 1.82) is 0 Å². The summed E-state index contributed by atoms with van der Waals surface area (Å²) in [5.41, 5.74) is -1.42. The van der Waals surface area contributed by atoms with Crippen molar-refractivity contribution in [3.05, 3.63) is 82.6 Å². The summed E-state index contributed by atoms with van der Waals surface area (Å²) in [5, 5.41) is 5.56. The first-order valence-corrected chi connectivity index (χ1v) is 16.5. The summed E-state index contributed by atoms with van der Waals surface area (Å²) < 4.78 is 33.4. The molecule has 1 unspecified atom stereocenters. The molecule has 6 rings (SSSR count). The highest BCUT2D eigenvalue weighted by molar-refractivity contribution is 6.05. The summed E-state index contributed by atoms with van der Waals surface area (Å²) in [6.07, 6.45) is 2.67. The fourth-order valence-corrected chi connectivity index (χ4v) is 6.69. The maximum atomic E-state index is 16.5. The maximum Gasteiger partial charge on any atom is 0.355 e. The molecule has 50 heavy (non-hydrogen) atoms. The van der Waals surface area contributed by atoms with Crippen LogP contribution in [0.25, 0.3) is 28.0 Å². The number of anilines is 2. The van der Waals surface area contributed by atoms with E-state index in [1.165, 1.54) is 30.5 Å². The predicted octanol–water partition coefficient (Wildman–Crippen LogP) is 4.56. The number of rotatable bonds is 4. The van der Waals surface area contributed by atoms with Crippen molar-refractivity contribution >= 4 is 40.3 Å². The van der Waals surface area contributed by atoms with Gasteiger partial charge in [0.2, 0.25) is 11.8 Å². The molecule has 260 valence electrons. The van der Waals surface area contributed by atoms with Crippen molar-refractivity contribution in [2.45, 2.75) is 65.6 Å². The number of amides is 3. The molecule has 3 amide bonds. The maximum absolute atomic E-state index is 16.5. The Bertz CT molecular complexity index is 2130. The number of hydrogen-bond donors (Lipinski definition) is 2. The number of pyridine rings is 2. The van der Waals surface area contributed by atoms with Gasteiger partial charge in [0.05, 0.1) is 33.6 Å². The second kappa shape index (κ2) is 13.1. The first-order valence-electron chi connectivity index (χ1n) is 16.5. The van der Waals surface area contributed by atoms with E-state index in [1.807, 2.05) is 32.6 Å². The molecular formula is C36H38F2N8O4. The lowest BCUT2D eigenvalue weighted by Crippen LogP contribution is -2.58. The summed E-state index contributed by atoms with van der Waals surface area (Å²) in [4.78, 5) is 71.9. The molecule has 5 heterocycles. The first-order chi connectivity index (χ1) is 23.7. The van der Waals surface area contributed by atoms with Gasteiger partial charge in [-0.15, -0.1) is 0 Å². The number of nitrogens with zero attached hydrogens (tertiary/aromatic N) is 6. The molecule has 1 aromatic carbocycles. The third-order valence-corrected chi connectivity index (χ3v) is 9.23. The van der Waals surface area contributed by atoms with Crippen molar-refractivity contribution in [2.24, 2.45) is 5.92 Å². The third kappa shape index (κ3) is 5.77. The van der Waals surface area contributed by atoms with Gasteiger partial charge in [0, 0.05) is 31.4 Å². The Balaban J connectivity index is 1.74. The molecule has 0 radical (unpaired) electrons. The second-order valence-electron chi connectivity index (χ2n) is 13.4. The quantitative estimate of drug-likeness (QED) is 0.298. The van der Waals surface area contributed by atoms with E-state index in [4.69, 9.17) is 0 Å². The summed E-state index contributed by atoms with van der Waals surface area (Å²) >= 11 is 0. The molecular weight excluding hydrogens is 646 g/mol. The van der Waals surface area contributed by atoms with Crippen molar-refractivity contribution in [2.75, 3.05) is 23.3 Å². The third-order valence-electron chi connectivity index (χ3n) is 9.23. The Kier molecular flexibility index (Phi) is 8.97. The van der Waals surface area contributed by atoms with Crippen LogP contribution in [0.5, 0.6) is 0 Å². The largest absolute Gasteiger partial charge is 0.355 e. The zero-order valence-electron chi connectivity index (χ0n) is 28.6. The Morgan fingerprint density at radius 3 is 2.44 bits per heavy atom. The Morgan fingerprint density at radius 2 is 1.76 bits per heavy atom. The standard InChI is InChI=1S/C36H38F2N8O4/c1-8-26(47)44-15-20(7)45(16-19(44)6)32-22-14-24(38)30-27-23(37)10-9-11-25(27)40-35(49)29(18(4)5)42-34(48)21-12-13-39-28(17(2)3)31(21)46(33(22)41-30)36(50)43-32/h8-14,17-20,29H,1,15-16H2,2-7H3,(H,40,49)(H,42,48)/t19-,20+,29?/m1/s1. The molecule has 4 aromatic rings. The van der Waals surface area contributed by atoms with E-state index in [2.05, 4.69) is 32.2 Å². The molecule has 2 N–H and O–H groups in total. The zero-order valence-corrected chi connectivity index (χ0v) is 28.6. The average Bonchev–Trinajstić information content (AvgIpc) is 3.07. The van der Waals surface area contributed by atoms with Crippen LogP contribution in [0.3, 0.4) is 0 Å². The van der Waals surface area contributed by atoms with Gasteiger partial charge in [0.1, 0.15) is 23.4 Å². The predicted molar refractivity (Wildman–Crippen MR) is 185 cm³/mol. The number of nitrogens with one attached hydrogen (secondary N) is 2. The highest BCUT2D eigenvalue weighted by Crippen LogP contribution is 2.37. The number of aromatic nitrogens is 4. The van der Waals surface area contributed by atoms with Crippen LogP contribution in [0, 0.1) is 17.6 Å². The molecule has 2 aliphatic rings. The van der Waals surface area contributed by atoms with Gasteiger partial charge < -0.3 is 20.4 Å². The summed E-state index contributed by atoms with van der Waals surface area (Å²) in [7, 11) is 0. The van der Waals surface area contributed by atoms with Gasteiger partial charge in [-0.3, -0.25) is 19.4 Å². The molecule has 3 atom stereocenters. The molecule has 14 heteroatoms. The van der Waals surface area contributed by atoms with Crippen LogP contribution in [0.4, 0.5) is 20.3 Å². The number of carbonyl (C=O) groups excluding carboxylic acids is 3. The van der Waals surface area contributed by atoms with E-state index < -0.39 is 46.8 Å². The van der Waals surface area contributed by atoms with Gasteiger partial charge in [0.25, 0.3) is 5.91 Å². The Morgan fingerprint density at radius 1 is 1.02 bits per heavy atom. The monoisotopic (exact) mass is 684 g/mol. The fourth-order valence-electron chi connectivity index (χ4n) is 6.69. The minimum Gasteiger partial charge on any atom is -0.349 e. The van der Waals surface area contributed by atoms with Gasteiger partial charge >= 0.3 is 5.69 Å². The topological polar surface area (TPSA) is 142 Å². The van der Waals surface area contributed by atoms with Crippen molar-refractivity contribution in [1.82, 2.24) is 29.7 Å². The minimum atomic E-state index is -1.10. The van der Waals surface area contributed by atoms with Gasteiger partial charge in [-0.25, -0.2) is 23.1 Å². The van der Waals surface area contributed by atoms with E-state index >= 15 is 8.78 Å². The van der Waals surface area contributed by atoms with Crippen LogP contribution in [0.2, 0.25) is 0 Å². The highest BCUT2D eigenvalue weighted by Gasteiger charge is 2.36. The van der Waals surface area contributed by atoms with Crippen LogP contribution in [-0.4, -0.2) is 73.4 Å². The van der Waals surface area contributed by atoms with E-state index in [1.54, 1.807) is 18.7 Å². The molecule has 2 bridgehead atoms. The van der Waals surface area contributed by atoms with Gasteiger partial charge in [0.15, 0.2) is 11.5 Å². The van der Waals surface area contributed by atoms with Crippen LogP contribution in [-0.2, 0) is 9.59 Å². The lowest BCUT2D eigenvalue weighted by Gasteiger charge is -2.44. The number of carbonyl (C=O) groups is 3. The number of benzene rings is 1. The van der Waals surface area contributed by atoms with E-state index in [0.717, 1.165) is 16.7 Å². The van der Waals surface area contributed by atoms with E-state index in [-0.39, 0.29) is 76.4 Å². The normalized spacial score (nSPS) is 19.4. The Labute approximate surface area is 287 Å². The Hall–Kier alpha value is -5.53. The van der Waals surface area contributed by atoms with E-state index in [0.29, 0.717) is 5.69 Å². The number of piperazine rings is 1. The molecule has 0 saturated carbocycles. The minimum absolute atomic E-state index is 0.00857. The molecule has 12 nitrogen and oxygen atoms in total. The molecule has 3 aromatic heterocycles. The van der Waals surface area contributed by atoms with Crippen LogP contribution in [0.1, 0.15) is 63.5 Å². The van der Waals surface area contributed by atoms with Crippen molar-refractivity contribution in [3.8, 4) is 16.9 Å². The van der Waals surface area contributed by atoms with Crippen LogP contribution >= 0.6 is 0 Å². The van der Waals surface area contributed by atoms with Gasteiger partial charge in [-0.2, -0.15) is 4.98 Å². The van der Waals surface area contributed by atoms with Gasteiger partial charge in [-0.1, -0.05) is 40.3 Å². The van der Waals surface area contributed by atoms with Crippen molar-refractivity contribution in [3.63, 3.8) is 0 Å². The van der Waals surface area contributed by atoms with Crippen LogP contribution < -0.4 is 21.2 Å². The van der Waals surface area contributed by atoms with E-state index in [9.17, 15) is 19.2 Å². The average molecular weight is 685 g/mol. The van der Waals surface area contributed by atoms with Crippen LogP contribution in [0.15, 0.2) is 54.0 Å². The highest BCUT2D eigenvalue weighted by atomic mass is 19.1. The second-order valence-corrected chi connectivity index (χ2v) is 13.4. The zero-order chi connectivity index (χ0) is 36.2. The lowest BCUT2D eigenvalue weighted by molar-refractivity contribution is -0.128.